The molecule has 0 aromatic rings. The molecule has 0 aromatic heterocycles. The second-order valence-electron chi connectivity index (χ2n) is 7.10. The molecule has 3 saturated heterocycles. The van der Waals surface area contributed by atoms with Gasteiger partial charge in [0.15, 0.2) is 0 Å². The molecule has 0 saturated carbocycles. The first-order valence-electron chi connectivity index (χ1n) is 8.59. The molecule has 23 heavy (non-hydrogen) atoms. The Balaban J connectivity index is 1.49. The SMILES string of the molecule is CCN(C[C@@H]1CCN(C(=O)[C@@H]2C[C@H]3CC[C@H]2O3)C1)CC(F)(F)F. The molecule has 0 aromatic carbocycles. The van der Waals surface area contributed by atoms with Crippen molar-refractivity contribution < 1.29 is 22.7 Å². The number of hydrogen-bond acceptors (Lipinski definition) is 3. The van der Waals surface area contributed by atoms with Crippen LogP contribution in [-0.4, -0.2) is 66.8 Å². The van der Waals surface area contributed by atoms with Crippen LogP contribution in [0.5, 0.6) is 0 Å². The van der Waals surface area contributed by atoms with Gasteiger partial charge in [0, 0.05) is 19.6 Å². The summed E-state index contributed by atoms with van der Waals surface area (Å²) >= 11 is 0. The molecule has 3 aliphatic heterocycles. The lowest BCUT2D eigenvalue weighted by Gasteiger charge is -2.26. The first-order valence-corrected chi connectivity index (χ1v) is 8.59. The van der Waals surface area contributed by atoms with Crippen LogP contribution in [-0.2, 0) is 9.53 Å². The summed E-state index contributed by atoms with van der Waals surface area (Å²) in [6.45, 7) is 2.92. The highest BCUT2D eigenvalue weighted by atomic mass is 19.4. The second-order valence-corrected chi connectivity index (χ2v) is 7.10. The quantitative estimate of drug-likeness (QED) is 0.773. The summed E-state index contributed by atoms with van der Waals surface area (Å²) in [5.41, 5.74) is 0. The molecule has 132 valence electrons. The molecular weight excluding hydrogens is 309 g/mol. The summed E-state index contributed by atoms with van der Waals surface area (Å²) < 4.78 is 43.4. The van der Waals surface area contributed by atoms with Gasteiger partial charge in [-0.2, -0.15) is 13.2 Å². The van der Waals surface area contributed by atoms with Gasteiger partial charge in [0.1, 0.15) is 0 Å². The van der Waals surface area contributed by atoms with Crippen LogP contribution in [0.3, 0.4) is 0 Å². The summed E-state index contributed by atoms with van der Waals surface area (Å²) in [6.07, 6.45) is -0.210. The van der Waals surface area contributed by atoms with Crippen molar-refractivity contribution >= 4 is 5.91 Å². The van der Waals surface area contributed by atoms with Gasteiger partial charge in [0.2, 0.25) is 5.91 Å². The van der Waals surface area contributed by atoms with Crippen LogP contribution < -0.4 is 0 Å². The number of carbonyl (C=O) groups excluding carboxylic acids is 1. The first kappa shape index (κ1) is 17.0. The van der Waals surface area contributed by atoms with Crippen molar-refractivity contribution in [2.75, 3.05) is 32.7 Å². The third kappa shape index (κ3) is 3.99. The first-order chi connectivity index (χ1) is 10.9. The van der Waals surface area contributed by atoms with E-state index in [4.69, 9.17) is 4.74 Å². The lowest BCUT2D eigenvalue weighted by molar-refractivity contribution is -0.147. The summed E-state index contributed by atoms with van der Waals surface area (Å²) in [7, 11) is 0. The number of likely N-dealkylation sites (tertiary alicyclic amines) is 1. The van der Waals surface area contributed by atoms with E-state index in [0.29, 0.717) is 26.2 Å². The molecule has 0 radical (unpaired) electrons. The Morgan fingerprint density at radius 2 is 2.09 bits per heavy atom. The Bertz CT molecular complexity index is 444. The standard InChI is InChI=1S/C16H25F3N2O2/c1-2-20(10-16(17,18)19)8-11-5-6-21(9-11)15(22)13-7-12-3-4-14(13)23-12/h11-14H,2-10H2,1H3/t11-,12+,13+,14+/m0/s1. The maximum Gasteiger partial charge on any atom is 0.401 e. The van der Waals surface area contributed by atoms with Crippen LogP contribution in [0.2, 0.25) is 0 Å². The number of carbonyl (C=O) groups is 1. The Morgan fingerprint density at radius 3 is 2.65 bits per heavy atom. The van der Waals surface area contributed by atoms with Crippen LogP contribution in [0.1, 0.15) is 32.6 Å². The molecule has 4 nitrogen and oxygen atoms in total. The van der Waals surface area contributed by atoms with E-state index in [0.717, 1.165) is 25.7 Å². The Labute approximate surface area is 134 Å². The second kappa shape index (κ2) is 6.59. The van der Waals surface area contributed by atoms with Crippen LogP contribution >= 0.6 is 0 Å². The Morgan fingerprint density at radius 1 is 1.30 bits per heavy atom. The van der Waals surface area contributed by atoms with Gasteiger partial charge >= 0.3 is 6.18 Å². The van der Waals surface area contributed by atoms with Crippen molar-refractivity contribution in [3.63, 3.8) is 0 Å². The van der Waals surface area contributed by atoms with Crippen molar-refractivity contribution in [2.45, 2.75) is 51.0 Å². The van der Waals surface area contributed by atoms with Crippen LogP contribution in [0, 0.1) is 11.8 Å². The van der Waals surface area contributed by atoms with E-state index in [1.54, 1.807) is 6.92 Å². The largest absolute Gasteiger partial charge is 0.401 e. The molecule has 0 N–H and O–H groups in total. The summed E-state index contributed by atoms with van der Waals surface area (Å²) in [6, 6.07) is 0. The molecule has 1 amide bonds. The average Bonchev–Trinajstić information content (AvgIpc) is 3.20. The molecule has 0 aliphatic carbocycles. The van der Waals surface area contributed by atoms with Crippen molar-refractivity contribution in [1.82, 2.24) is 9.80 Å². The minimum absolute atomic E-state index is 0.0232. The molecule has 3 rings (SSSR count). The fraction of sp³-hybridized carbons (Fsp3) is 0.938. The molecule has 0 spiro atoms. The number of hydrogen-bond donors (Lipinski definition) is 0. The molecule has 3 fully saturated rings. The van der Waals surface area contributed by atoms with Gasteiger partial charge in [-0.05, 0) is 38.1 Å². The molecule has 2 bridgehead atoms. The maximum atomic E-state index is 12.6. The number of nitrogens with zero attached hydrogens (tertiary/aromatic N) is 2. The van der Waals surface area contributed by atoms with E-state index < -0.39 is 12.7 Å². The number of alkyl halides is 3. The van der Waals surface area contributed by atoms with Gasteiger partial charge in [0.25, 0.3) is 0 Å². The average molecular weight is 334 g/mol. The topological polar surface area (TPSA) is 32.8 Å². The van der Waals surface area contributed by atoms with Crippen LogP contribution in [0.4, 0.5) is 13.2 Å². The zero-order chi connectivity index (χ0) is 16.6. The fourth-order valence-electron chi connectivity index (χ4n) is 4.24. The molecule has 3 heterocycles. The van der Waals surface area contributed by atoms with Crippen molar-refractivity contribution in [2.24, 2.45) is 11.8 Å². The zero-order valence-electron chi connectivity index (χ0n) is 13.5. The maximum absolute atomic E-state index is 12.6. The van der Waals surface area contributed by atoms with Gasteiger partial charge in [-0.15, -0.1) is 0 Å². The van der Waals surface area contributed by atoms with E-state index >= 15 is 0 Å². The summed E-state index contributed by atoms with van der Waals surface area (Å²) in [5.74, 6) is 0.268. The highest BCUT2D eigenvalue weighted by Gasteiger charge is 2.46. The van der Waals surface area contributed by atoms with E-state index in [-0.39, 0.29) is 30.0 Å². The van der Waals surface area contributed by atoms with E-state index in [2.05, 4.69) is 0 Å². The molecule has 0 unspecified atom stereocenters. The number of halogens is 3. The Kier molecular flexibility index (Phi) is 4.88. The summed E-state index contributed by atoms with van der Waals surface area (Å²) in [4.78, 5) is 15.9. The van der Waals surface area contributed by atoms with Crippen LogP contribution in [0.25, 0.3) is 0 Å². The lowest BCUT2D eigenvalue weighted by Crippen LogP contribution is -2.40. The highest BCUT2D eigenvalue weighted by molar-refractivity contribution is 5.80. The van der Waals surface area contributed by atoms with Crippen molar-refractivity contribution in [3.05, 3.63) is 0 Å². The van der Waals surface area contributed by atoms with Crippen molar-refractivity contribution in [1.29, 1.82) is 0 Å². The third-order valence-corrected chi connectivity index (χ3v) is 5.39. The lowest BCUT2D eigenvalue weighted by atomic mass is 9.88. The Hall–Kier alpha value is -0.820. The van der Waals surface area contributed by atoms with Gasteiger partial charge in [-0.3, -0.25) is 9.69 Å². The summed E-state index contributed by atoms with van der Waals surface area (Å²) in [5, 5.41) is 0. The molecule has 4 atom stereocenters. The number of ether oxygens (including phenoxy) is 1. The molecule has 7 heteroatoms. The van der Waals surface area contributed by atoms with E-state index in [9.17, 15) is 18.0 Å². The van der Waals surface area contributed by atoms with Crippen molar-refractivity contribution in [3.8, 4) is 0 Å². The predicted molar refractivity (Wildman–Crippen MR) is 78.9 cm³/mol. The molecule has 3 aliphatic rings. The highest BCUT2D eigenvalue weighted by Crippen LogP contribution is 2.40. The van der Waals surface area contributed by atoms with Gasteiger partial charge in [0.05, 0.1) is 24.7 Å². The molecular formula is C16H25F3N2O2. The smallest absolute Gasteiger partial charge is 0.374 e. The van der Waals surface area contributed by atoms with Gasteiger partial charge in [-0.25, -0.2) is 0 Å². The fourth-order valence-corrected chi connectivity index (χ4v) is 4.24. The number of amides is 1. The predicted octanol–water partition coefficient (Wildman–Crippen LogP) is 2.29. The minimum Gasteiger partial charge on any atom is -0.374 e. The van der Waals surface area contributed by atoms with Gasteiger partial charge in [-0.1, -0.05) is 6.92 Å². The van der Waals surface area contributed by atoms with E-state index in [1.165, 1.54) is 4.90 Å². The van der Waals surface area contributed by atoms with E-state index in [1.807, 2.05) is 4.90 Å². The number of rotatable bonds is 5. The normalized spacial score (nSPS) is 33.9. The zero-order valence-corrected chi connectivity index (χ0v) is 13.5. The third-order valence-electron chi connectivity index (χ3n) is 5.39. The minimum atomic E-state index is -4.16. The van der Waals surface area contributed by atoms with Crippen LogP contribution in [0.15, 0.2) is 0 Å². The monoisotopic (exact) mass is 334 g/mol. The van der Waals surface area contributed by atoms with Gasteiger partial charge < -0.3 is 9.64 Å². The number of fused-ring (bicyclic) bond motifs is 2.